The molecule has 20 heavy (non-hydrogen) atoms. The van der Waals surface area contributed by atoms with Gasteiger partial charge in [0.25, 0.3) is 0 Å². The second-order valence-electron chi connectivity index (χ2n) is 4.93. The van der Waals surface area contributed by atoms with Crippen molar-refractivity contribution in [3.63, 3.8) is 0 Å². The zero-order chi connectivity index (χ0) is 14.8. The first-order valence-corrected chi connectivity index (χ1v) is 8.28. The summed E-state index contributed by atoms with van der Waals surface area (Å²) in [6.45, 7) is 2.81. The molecule has 0 saturated carbocycles. The van der Waals surface area contributed by atoms with Crippen LogP contribution in [-0.4, -0.2) is 57.3 Å². The predicted molar refractivity (Wildman–Crippen MR) is 78.3 cm³/mol. The molecule has 0 bridgehead atoms. The lowest BCUT2D eigenvalue weighted by Crippen LogP contribution is -2.43. The summed E-state index contributed by atoms with van der Waals surface area (Å²) in [7, 11) is 0.663. The Hall–Kier alpha value is -1.18. The number of hydrogen-bond acceptors (Lipinski definition) is 5. The molecule has 2 heterocycles. The number of sulfonamides is 1. The van der Waals surface area contributed by atoms with Crippen LogP contribution in [0, 0.1) is 0 Å². The van der Waals surface area contributed by atoms with E-state index >= 15 is 0 Å². The van der Waals surface area contributed by atoms with E-state index in [1.165, 1.54) is 4.31 Å². The average Bonchev–Trinajstić information content (AvgIpc) is 2.47. The smallest absolute Gasteiger partial charge is 0.214 e. The fraction of sp³-hybridized carbons (Fsp3) is 0.615. The molecule has 1 atom stereocenters. The van der Waals surface area contributed by atoms with Gasteiger partial charge in [0, 0.05) is 27.2 Å². The summed E-state index contributed by atoms with van der Waals surface area (Å²) in [5.74, 6) is 0.951. The maximum absolute atomic E-state index is 11.9. The van der Waals surface area contributed by atoms with Crippen molar-refractivity contribution in [2.24, 2.45) is 0 Å². The highest BCUT2D eigenvalue weighted by molar-refractivity contribution is 7.89. The zero-order valence-corrected chi connectivity index (χ0v) is 12.9. The van der Waals surface area contributed by atoms with E-state index in [0.717, 1.165) is 11.5 Å². The molecular weight excluding hydrogens is 278 g/mol. The van der Waals surface area contributed by atoms with Gasteiger partial charge in [-0.15, -0.1) is 0 Å². The number of morpholine rings is 1. The van der Waals surface area contributed by atoms with Crippen molar-refractivity contribution in [3.8, 4) is 0 Å². The van der Waals surface area contributed by atoms with Gasteiger partial charge in [-0.1, -0.05) is 6.07 Å². The minimum Gasteiger partial charge on any atom is -0.369 e. The molecule has 0 unspecified atom stereocenters. The lowest BCUT2D eigenvalue weighted by Gasteiger charge is -2.31. The Balaban J connectivity index is 2.19. The molecule has 0 aliphatic carbocycles. The van der Waals surface area contributed by atoms with Crippen LogP contribution >= 0.6 is 0 Å². The van der Waals surface area contributed by atoms with Crippen molar-refractivity contribution in [1.82, 2.24) is 9.29 Å². The first-order chi connectivity index (χ1) is 9.44. The lowest BCUT2D eigenvalue weighted by molar-refractivity contribution is -0.00483. The van der Waals surface area contributed by atoms with Crippen LogP contribution in [0.5, 0.6) is 0 Å². The summed E-state index contributed by atoms with van der Waals surface area (Å²) in [5.41, 5.74) is 0.771. The number of nitrogens with zero attached hydrogens (tertiary/aromatic N) is 3. The van der Waals surface area contributed by atoms with Gasteiger partial charge in [0.15, 0.2) is 0 Å². The third-order valence-electron chi connectivity index (χ3n) is 3.33. The summed E-state index contributed by atoms with van der Waals surface area (Å²) >= 11 is 0. The van der Waals surface area contributed by atoms with Crippen molar-refractivity contribution < 1.29 is 13.2 Å². The van der Waals surface area contributed by atoms with Crippen LogP contribution < -0.4 is 4.90 Å². The Morgan fingerprint density at radius 2 is 2.20 bits per heavy atom. The van der Waals surface area contributed by atoms with Gasteiger partial charge < -0.3 is 9.64 Å². The highest BCUT2D eigenvalue weighted by atomic mass is 32.2. The average molecular weight is 299 g/mol. The number of aromatic nitrogens is 1. The highest BCUT2D eigenvalue weighted by Crippen LogP contribution is 2.24. The molecule has 6 nitrogen and oxygen atoms in total. The summed E-state index contributed by atoms with van der Waals surface area (Å²) < 4.78 is 31.1. The van der Waals surface area contributed by atoms with Gasteiger partial charge >= 0.3 is 0 Å². The van der Waals surface area contributed by atoms with Crippen LogP contribution in [0.3, 0.4) is 0 Å². The summed E-state index contributed by atoms with van der Waals surface area (Å²) in [4.78, 5) is 6.43. The van der Waals surface area contributed by atoms with Gasteiger partial charge in [0.2, 0.25) is 10.0 Å². The minimum absolute atomic E-state index is 0.116. The third-order valence-corrected chi connectivity index (χ3v) is 5.18. The van der Waals surface area contributed by atoms with Crippen LogP contribution in [0.2, 0.25) is 0 Å². The molecule has 1 aliphatic rings. The zero-order valence-electron chi connectivity index (χ0n) is 12.1. The Kier molecular flexibility index (Phi) is 4.62. The maximum Gasteiger partial charge on any atom is 0.214 e. The quantitative estimate of drug-likeness (QED) is 0.825. The van der Waals surface area contributed by atoms with Crippen LogP contribution in [0.1, 0.15) is 18.7 Å². The van der Waals surface area contributed by atoms with Crippen molar-refractivity contribution in [3.05, 3.63) is 23.9 Å². The number of hydrogen-bond donors (Lipinski definition) is 0. The molecular formula is C13H21N3O3S. The second kappa shape index (κ2) is 6.07. The van der Waals surface area contributed by atoms with E-state index in [0.29, 0.717) is 19.7 Å². The van der Waals surface area contributed by atoms with Gasteiger partial charge in [-0.3, -0.25) is 0 Å². The van der Waals surface area contributed by atoms with Crippen molar-refractivity contribution in [2.75, 3.05) is 44.4 Å². The Morgan fingerprint density at radius 1 is 1.45 bits per heavy atom. The lowest BCUT2D eigenvalue weighted by atomic mass is 10.2. The molecule has 0 spiro atoms. The second-order valence-corrected chi connectivity index (χ2v) is 7.19. The monoisotopic (exact) mass is 299 g/mol. The van der Waals surface area contributed by atoms with Gasteiger partial charge in [0.05, 0.1) is 18.1 Å². The molecule has 0 radical (unpaired) electrons. The predicted octanol–water partition coefficient (Wildman–Crippen LogP) is 0.871. The van der Waals surface area contributed by atoms with Gasteiger partial charge in [-0.05, 0) is 19.1 Å². The molecule has 0 aromatic carbocycles. The SMILES string of the molecule is CCS(=O)(=O)N1CCO[C@@H](c2cccc(N(C)C)n2)C1. The first kappa shape index (κ1) is 15.2. The topological polar surface area (TPSA) is 62.7 Å². The number of pyridine rings is 1. The first-order valence-electron chi connectivity index (χ1n) is 6.67. The van der Waals surface area contributed by atoms with E-state index in [-0.39, 0.29) is 11.9 Å². The summed E-state index contributed by atoms with van der Waals surface area (Å²) in [5, 5.41) is 0. The molecule has 1 aromatic heterocycles. The Bertz CT molecular complexity index is 560. The van der Waals surface area contributed by atoms with E-state index in [1.54, 1.807) is 6.92 Å². The molecule has 7 heteroatoms. The van der Waals surface area contributed by atoms with E-state index in [2.05, 4.69) is 4.98 Å². The molecule has 1 saturated heterocycles. The molecule has 0 amide bonds. The molecule has 1 aromatic rings. The Morgan fingerprint density at radius 3 is 2.85 bits per heavy atom. The minimum atomic E-state index is -3.17. The number of ether oxygens (including phenoxy) is 1. The maximum atomic E-state index is 11.9. The molecule has 1 fully saturated rings. The van der Waals surface area contributed by atoms with Crippen molar-refractivity contribution in [1.29, 1.82) is 0 Å². The molecule has 112 valence electrons. The van der Waals surface area contributed by atoms with Crippen LogP contribution in [0.25, 0.3) is 0 Å². The van der Waals surface area contributed by atoms with E-state index in [4.69, 9.17) is 4.74 Å². The third kappa shape index (κ3) is 3.28. The largest absolute Gasteiger partial charge is 0.369 e. The summed E-state index contributed by atoms with van der Waals surface area (Å²) in [6, 6.07) is 5.70. The molecule has 0 N–H and O–H groups in total. The highest BCUT2D eigenvalue weighted by Gasteiger charge is 2.29. The van der Waals surface area contributed by atoms with Crippen LogP contribution in [-0.2, 0) is 14.8 Å². The van der Waals surface area contributed by atoms with Gasteiger partial charge in [0.1, 0.15) is 11.9 Å². The standard InChI is InChI=1S/C13H21N3O3S/c1-4-20(17,18)16-8-9-19-12(10-16)11-6-5-7-13(14-11)15(2)3/h5-7,12H,4,8-10H2,1-3H3/t12-/m1/s1. The van der Waals surface area contributed by atoms with E-state index < -0.39 is 10.0 Å². The fourth-order valence-corrected chi connectivity index (χ4v) is 3.19. The van der Waals surface area contributed by atoms with Gasteiger partial charge in [-0.25, -0.2) is 13.4 Å². The van der Waals surface area contributed by atoms with Crippen LogP contribution in [0.15, 0.2) is 18.2 Å². The number of anilines is 1. The molecule has 2 rings (SSSR count). The summed E-state index contributed by atoms with van der Waals surface area (Å²) in [6.07, 6.45) is -0.301. The van der Waals surface area contributed by atoms with Crippen LogP contribution in [0.4, 0.5) is 5.82 Å². The van der Waals surface area contributed by atoms with Crippen molar-refractivity contribution in [2.45, 2.75) is 13.0 Å². The Labute approximate surface area is 120 Å². The normalized spacial score (nSPS) is 20.9. The van der Waals surface area contributed by atoms with E-state index in [9.17, 15) is 8.42 Å². The van der Waals surface area contributed by atoms with Gasteiger partial charge in [-0.2, -0.15) is 4.31 Å². The molecule has 1 aliphatic heterocycles. The van der Waals surface area contributed by atoms with Crippen molar-refractivity contribution >= 4 is 15.8 Å². The fourth-order valence-electron chi connectivity index (χ4n) is 2.11. The number of rotatable bonds is 4. The van der Waals surface area contributed by atoms with E-state index in [1.807, 2.05) is 37.2 Å².